The molecule has 0 N–H and O–H groups in total. The van der Waals surface area contributed by atoms with E-state index in [-0.39, 0.29) is 11.2 Å². The van der Waals surface area contributed by atoms with Crippen LogP contribution >= 0.6 is 11.6 Å². The minimum Gasteiger partial charge on any atom is -0.223 e. The third-order valence-electron chi connectivity index (χ3n) is 2.53. The van der Waals surface area contributed by atoms with Crippen molar-refractivity contribution >= 4 is 21.4 Å². The molecule has 0 amide bonds. The molecule has 2 unspecified atom stereocenters. The van der Waals surface area contributed by atoms with Crippen LogP contribution in [0.15, 0.2) is 35.2 Å². The van der Waals surface area contributed by atoms with Crippen LogP contribution < -0.4 is 0 Å². The van der Waals surface area contributed by atoms with E-state index in [1.807, 2.05) is 6.07 Å². The van der Waals surface area contributed by atoms with Gasteiger partial charge in [0.2, 0.25) is 0 Å². The van der Waals surface area contributed by atoms with Crippen LogP contribution in [0.3, 0.4) is 0 Å². The highest BCUT2D eigenvalue weighted by Gasteiger charge is 2.46. The quantitative estimate of drug-likeness (QED) is 0.746. The Balaban J connectivity index is 2.27. The summed E-state index contributed by atoms with van der Waals surface area (Å²) in [5.74, 6) is 0.596. The lowest BCUT2D eigenvalue weighted by atomic mass is 10.4. The average molecular weight is 231 g/mol. The van der Waals surface area contributed by atoms with Crippen molar-refractivity contribution in [3.63, 3.8) is 0 Å². The van der Waals surface area contributed by atoms with E-state index in [1.165, 1.54) is 0 Å². The maximum absolute atomic E-state index is 11.9. The molecule has 0 spiro atoms. The second kappa shape index (κ2) is 3.55. The molecule has 1 saturated carbocycles. The zero-order chi connectivity index (χ0) is 10.2. The van der Waals surface area contributed by atoms with Gasteiger partial charge in [-0.15, -0.1) is 11.6 Å². The summed E-state index contributed by atoms with van der Waals surface area (Å²) >= 11 is 5.62. The lowest BCUT2D eigenvalue weighted by Crippen LogP contribution is -2.09. The number of halogens is 1. The third kappa shape index (κ3) is 1.66. The first-order valence-electron chi connectivity index (χ1n) is 4.51. The Morgan fingerprint density at radius 1 is 1.29 bits per heavy atom. The number of alkyl halides is 1. The lowest BCUT2D eigenvalue weighted by molar-refractivity contribution is 0.593. The van der Waals surface area contributed by atoms with Gasteiger partial charge in [-0.05, 0) is 24.5 Å². The Hall–Kier alpha value is -0.540. The van der Waals surface area contributed by atoms with Crippen molar-refractivity contribution in [1.82, 2.24) is 0 Å². The fourth-order valence-corrected chi connectivity index (χ4v) is 3.98. The van der Waals surface area contributed by atoms with Gasteiger partial charge in [0.05, 0.1) is 10.1 Å². The molecule has 76 valence electrons. The summed E-state index contributed by atoms with van der Waals surface area (Å²) in [6, 6.07) is 8.57. The first-order chi connectivity index (χ1) is 6.66. The Morgan fingerprint density at radius 3 is 2.43 bits per heavy atom. The second-order valence-corrected chi connectivity index (χ2v) is 6.02. The molecule has 2 atom stereocenters. The number of benzene rings is 1. The van der Waals surface area contributed by atoms with Crippen molar-refractivity contribution in [2.45, 2.75) is 16.6 Å². The van der Waals surface area contributed by atoms with E-state index in [0.29, 0.717) is 17.2 Å². The summed E-state index contributed by atoms with van der Waals surface area (Å²) < 4.78 is 23.8. The van der Waals surface area contributed by atoms with Crippen LogP contribution in [0.5, 0.6) is 0 Å². The van der Waals surface area contributed by atoms with E-state index in [0.717, 1.165) is 0 Å². The SMILES string of the molecule is O=S(=O)(c1ccccc1)C1CC1CCl. The first kappa shape index (κ1) is 9.99. The standard InChI is InChI=1S/C10H11ClO2S/c11-7-8-6-10(8)14(12,13)9-4-2-1-3-5-9/h1-5,8,10H,6-7H2. The van der Waals surface area contributed by atoms with E-state index >= 15 is 0 Å². The molecule has 1 aliphatic rings. The highest BCUT2D eigenvalue weighted by atomic mass is 35.5. The van der Waals surface area contributed by atoms with Gasteiger partial charge in [0, 0.05) is 5.88 Å². The topological polar surface area (TPSA) is 34.1 Å². The number of hydrogen-bond acceptors (Lipinski definition) is 2. The largest absolute Gasteiger partial charge is 0.223 e. The van der Waals surface area contributed by atoms with Crippen LogP contribution in [0, 0.1) is 5.92 Å². The fraction of sp³-hybridized carbons (Fsp3) is 0.400. The summed E-state index contributed by atoms with van der Waals surface area (Å²) in [6.07, 6.45) is 0.709. The Kier molecular flexibility index (Phi) is 2.54. The van der Waals surface area contributed by atoms with E-state index in [4.69, 9.17) is 11.6 Å². The zero-order valence-electron chi connectivity index (χ0n) is 7.56. The molecule has 0 bridgehead atoms. The van der Waals surface area contributed by atoms with Gasteiger partial charge in [-0.3, -0.25) is 0 Å². The van der Waals surface area contributed by atoms with Gasteiger partial charge >= 0.3 is 0 Å². The Bertz CT molecular complexity index is 413. The van der Waals surface area contributed by atoms with Crippen molar-refractivity contribution in [2.75, 3.05) is 5.88 Å². The second-order valence-electron chi connectivity index (χ2n) is 3.55. The number of hydrogen-bond donors (Lipinski definition) is 0. The Labute approximate surface area is 88.8 Å². The van der Waals surface area contributed by atoms with Gasteiger partial charge in [-0.25, -0.2) is 8.42 Å². The van der Waals surface area contributed by atoms with Crippen LogP contribution in [0.25, 0.3) is 0 Å². The summed E-state index contributed by atoms with van der Waals surface area (Å²) in [5.41, 5.74) is 0. The predicted octanol–water partition coefficient (Wildman–Crippen LogP) is 2.09. The number of rotatable bonds is 3. The van der Waals surface area contributed by atoms with Gasteiger partial charge in [-0.2, -0.15) is 0 Å². The molecular weight excluding hydrogens is 220 g/mol. The van der Waals surface area contributed by atoms with E-state index in [1.54, 1.807) is 24.3 Å². The lowest BCUT2D eigenvalue weighted by Gasteiger charge is -2.01. The van der Waals surface area contributed by atoms with Crippen molar-refractivity contribution in [3.8, 4) is 0 Å². The normalized spacial score (nSPS) is 26.1. The maximum Gasteiger partial charge on any atom is 0.181 e. The van der Waals surface area contributed by atoms with E-state index < -0.39 is 9.84 Å². The number of sulfone groups is 1. The minimum absolute atomic E-state index is 0.155. The molecule has 1 fully saturated rings. The van der Waals surface area contributed by atoms with Crippen LogP contribution in [0.1, 0.15) is 6.42 Å². The molecule has 1 aliphatic carbocycles. The van der Waals surface area contributed by atoms with Gasteiger partial charge in [0.25, 0.3) is 0 Å². The highest BCUT2D eigenvalue weighted by Crippen LogP contribution is 2.40. The smallest absolute Gasteiger partial charge is 0.181 e. The van der Waals surface area contributed by atoms with Gasteiger partial charge in [-0.1, -0.05) is 18.2 Å². The molecule has 0 radical (unpaired) electrons. The van der Waals surface area contributed by atoms with Crippen LogP contribution in [0.2, 0.25) is 0 Å². The summed E-state index contributed by atoms with van der Waals surface area (Å²) in [7, 11) is -3.11. The molecule has 2 nitrogen and oxygen atoms in total. The van der Waals surface area contributed by atoms with Gasteiger partial charge in [0.1, 0.15) is 0 Å². The minimum atomic E-state index is -3.11. The van der Waals surface area contributed by atoms with Crippen LogP contribution in [-0.2, 0) is 9.84 Å². The molecule has 0 saturated heterocycles. The molecular formula is C10H11ClO2S. The first-order valence-corrected chi connectivity index (χ1v) is 6.59. The molecule has 14 heavy (non-hydrogen) atoms. The third-order valence-corrected chi connectivity index (χ3v) is 5.23. The highest BCUT2D eigenvalue weighted by molar-refractivity contribution is 7.92. The fourth-order valence-electron chi connectivity index (χ4n) is 1.55. The average Bonchev–Trinajstić information content (AvgIpc) is 2.98. The zero-order valence-corrected chi connectivity index (χ0v) is 9.13. The van der Waals surface area contributed by atoms with E-state index in [2.05, 4.69) is 0 Å². The Morgan fingerprint density at radius 2 is 1.93 bits per heavy atom. The van der Waals surface area contributed by atoms with Gasteiger partial charge in [0.15, 0.2) is 9.84 Å². The molecule has 0 aliphatic heterocycles. The molecule has 0 aromatic heterocycles. The molecule has 1 aromatic rings. The maximum atomic E-state index is 11.9. The molecule has 2 rings (SSSR count). The van der Waals surface area contributed by atoms with Crippen molar-refractivity contribution in [2.24, 2.45) is 5.92 Å². The van der Waals surface area contributed by atoms with Crippen molar-refractivity contribution in [3.05, 3.63) is 30.3 Å². The predicted molar refractivity (Wildman–Crippen MR) is 56.2 cm³/mol. The van der Waals surface area contributed by atoms with Crippen LogP contribution in [-0.4, -0.2) is 19.5 Å². The molecule has 4 heteroatoms. The van der Waals surface area contributed by atoms with E-state index in [9.17, 15) is 8.42 Å². The van der Waals surface area contributed by atoms with Crippen molar-refractivity contribution in [1.29, 1.82) is 0 Å². The summed E-state index contributed by atoms with van der Waals surface area (Å²) in [4.78, 5) is 0.414. The molecule has 1 aromatic carbocycles. The van der Waals surface area contributed by atoms with Crippen molar-refractivity contribution < 1.29 is 8.42 Å². The monoisotopic (exact) mass is 230 g/mol. The molecule has 0 heterocycles. The summed E-state index contributed by atoms with van der Waals surface area (Å²) in [5, 5.41) is -0.248. The van der Waals surface area contributed by atoms with Crippen LogP contribution in [0.4, 0.5) is 0 Å². The summed E-state index contributed by atoms with van der Waals surface area (Å²) in [6.45, 7) is 0. The van der Waals surface area contributed by atoms with Gasteiger partial charge < -0.3 is 0 Å².